The van der Waals surface area contributed by atoms with Crippen LogP contribution in [0.25, 0.3) is 0 Å². The zero-order valence-corrected chi connectivity index (χ0v) is 22.5. The lowest BCUT2D eigenvalue weighted by Crippen LogP contribution is -2.29. The van der Waals surface area contributed by atoms with E-state index >= 15 is 0 Å². The average Bonchev–Trinajstić information content (AvgIpc) is 2.70. The molecular formula is C23H24F6O7S2. The second-order valence-electron chi connectivity index (χ2n) is 10.2. The van der Waals surface area contributed by atoms with Crippen LogP contribution in [0.4, 0.5) is 26.3 Å². The number of carbonyl (C=O) groups excluding carboxylic acids is 1. The maximum absolute atomic E-state index is 13.6. The first kappa shape index (κ1) is 31.4. The summed E-state index contributed by atoms with van der Waals surface area (Å²) in [7, 11) is -12.5. The monoisotopic (exact) mass is 590 g/mol. The Bertz CT molecular complexity index is 1340. The third-order valence-corrected chi connectivity index (χ3v) is 7.08. The standard InChI is InChI=1S/C23H24F6O7S2/c1-20(2,3)13-7-9-17(35-37(31,32)22(24,25)26)15(11-13)19(30)16-12-14(21(4,5)6)8-10-18(16)36-38(33,34)23(27,28)29/h7-12H,1-6H3. The molecule has 0 aromatic heterocycles. The van der Waals surface area contributed by atoms with Gasteiger partial charge in [0.05, 0.1) is 11.1 Å². The Morgan fingerprint density at radius 1 is 0.605 bits per heavy atom. The Kier molecular flexibility index (Phi) is 8.05. The third kappa shape index (κ3) is 6.79. The number of ketones is 1. The molecule has 0 aliphatic carbocycles. The highest BCUT2D eigenvalue weighted by molar-refractivity contribution is 7.88. The van der Waals surface area contributed by atoms with Crippen molar-refractivity contribution >= 4 is 26.0 Å². The van der Waals surface area contributed by atoms with E-state index in [0.717, 1.165) is 24.3 Å². The van der Waals surface area contributed by atoms with Gasteiger partial charge in [0.1, 0.15) is 0 Å². The summed E-state index contributed by atoms with van der Waals surface area (Å²) in [6, 6.07) is 6.00. The number of halogens is 6. The summed E-state index contributed by atoms with van der Waals surface area (Å²) in [5, 5.41) is 0. The van der Waals surface area contributed by atoms with E-state index in [4.69, 9.17) is 0 Å². The second kappa shape index (κ2) is 9.74. The Balaban J connectivity index is 2.87. The van der Waals surface area contributed by atoms with Gasteiger partial charge in [0.25, 0.3) is 0 Å². The molecule has 0 unspecified atom stereocenters. The van der Waals surface area contributed by atoms with Gasteiger partial charge in [-0.15, -0.1) is 0 Å². The van der Waals surface area contributed by atoms with E-state index < -0.39 is 70.5 Å². The number of alkyl halides is 6. The van der Waals surface area contributed by atoms with Crippen LogP contribution in [0.1, 0.15) is 68.6 Å². The Labute approximate surface area is 216 Å². The van der Waals surface area contributed by atoms with Crippen LogP contribution >= 0.6 is 0 Å². The molecule has 0 aliphatic rings. The summed E-state index contributed by atoms with van der Waals surface area (Å²) in [5.74, 6) is -3.50. The van der Waals surface area contributed by atoms with Crippen LogP contribution in [-0.4, -0.2) is 33.6 Å². The summed E-state index contributed by atoms with van der Waals surface area (Å²) in [4.78, 5) is 13.6. The van der Waals surface area contributed by atoms with Crippen LogP contribution in [0.5, 0.6) is 11.5 Å². The fraction of sp³-hybridized carbons (Fsp3) is 0.435. The zero-order chi connectivity index (χ0) is 29.7. The van der Waals surface area contributed by atoms with Gasteiger partial charge in [0.15, 0.2) is 11.5 Å². The van der Waals surface area contributed by atoms with Crippen LogP contribution in [0, 0.1) is 0 Å². The molecule has 2 rings (SSSR count). The van der Waals surface area contributed by atoms with Crippen molar-refractivity contribution in [2.24, 2.45) is 0 Å². The molecule has 2 aromatic carbocycles. The highest BCUT2D eigenvalue weighted by Crippen LogP contribution is 2.37. The van der Waals surface area contributed by atoms with Crippen molar-refractivity contribution in [3.8, 4) is 11.5 Å². The van der Waals surface area contributed by atoms with Crippen molar-refractivity contribution in [1.29, 1.82) is 0 Å². The van der Waals surface area contributed by atoms with E-state index in [9.17, 15) is 48.0 Å². The van der Waals surface area contributed by atoms with Gasteiger partial charge < -0.3 is 8.37 Å². The molecule has 0 heterocycles. The van der Waals surface area contributed by atoms with Crippen molar-refractivity contribution in [2.75, 3.05) is 0 Å². The first-order chi connectivity index (χ1) is 16.8. The molecule has 2 aromatic rings. The predicted octanol–water partition coefficient (Wildman–Crippen LogP) is 5.97. The molecule has 0 radical (unpaired) electrons. The van der Waals surface area contributed by atoms with Crippen molar-refractivity contribution < 1.29 is 56.3 Å². The smallest absolute Gasteiger partial charge is 0.375 e. The Hall–Kier alpha value is -2.81. The van der Waals surface area contributed by atoms with Crippen molar-refractivity contribution in [3.63, 3.8) is 0 Å². The average molecular weight is 591 g/mol. The number of carbonyl (C=O) groups is 1. The molecule has 0 fully saturated rings. The van der Waals surface area contributed by atoms with E-state index in [1.54, 1.807) is 41.5 Å². The van der Waals surface area contributed by atoms with Crippen LogP contribution in [0.3, 0.4) is 0 Å². The van der Waals surface area contributed by atoms with Gasteiger partial charge in [-0.3, -0.25) is 4.79 Å². The molecule has 0 bridgehead atoms. The summed E-state index contributed by atoms with van der Waals surface area (Å²) in [6.07, 6.45) is 0. The first-order valence-electron chi connectivity index (χ1n) is 10.6. The minimum Gasteiger partial charge on any atom is -0.375 e. The van der Waals surface area contributed by atoms with Crippen LogP contribution in [0.15, 0.2) is 36.4 Å². The van der Waals surface area contributed by atoms with Crippen molar-refractivity contribution in [1.82, 2.24) is 0 Å². The SMILES string of the molecule is CC(C)(C)c1ccc(OS(=O)(=O)C(F)(F)F)c(C(=O)c2cc(C(C)(C)C)ccc2OS(=O)(=O)C(F)(F)F)c1. The normalized spacial score (nSPS) is 13.8. The van der Waals surface area contributed by atoms with E-state index in [-0.39, 0.29) is 0 Å². The molecule has 0 aliphatic heterocycles. The topological polar surface area (TPSA) is 104 Å². The van der Waals surface area contributed by atoms with Crippen LogP contribution < -0.4 is 8.37 Å². The fourth-order valence-electron chi connectivity index (χ4n) is 2.97. The number of hydrogen-bond donors (Lipinski definition) is 0. The highest BCUT2D eigenvalue weighted by atomic mass is 32.2. The minimum absolute atomic E-state index is 0.315. The quantitative estimate of drug-likeness (QED) is 0.177. The summed E-state index contributed by atoms with van der Waals surface area (Å²) in [5.41, 5.74) is -14.1. The zero-order valence-electron chi connectivity index (χ0n) is 20.9. The Morgan fingerprint density at radius 3 is 1.13 bits per heavy atom. The van der Waals surface area contributed by atoms with Crippen LogP contribution in [0.2, 0.25) is 0 Å². The van der Waals surface area contributed by atoms with Gasteiger partial charge in [0.2, 0.25) is 5.78 Å². The molecule has 38 heavy (non-hydrogen) atoms. The molecule has 0 saturated carbocycles. The molecular weight excluding hydrogens is 566 g/mol. The molecule has 7 nitrogen and oxygen atoms in total. The summed E-state index contributed by atoms with van der Waals surface area (Å²) < 4.78 is 133. The largest absolute Gasteiger partial charge is 0.534 e. The number of rotatable bonds is 6. The second-order valence-corrected chi connectivity index (χ2v) is 13.3. The fourth-order valence-corrected chi connectivity index (χ4v) is 3.92. The molecule has 212 valence electrons. The van der Waals surface area contributed by atoms with Gasteiger partial charge in [-0.1, -0.05) is 53.7 Å². The van der Waals surface area contributed by atoms with Gasteiger partial charge in [-0.25, -0.2) is 0 Å². The van der Waals surface area contributed by atoms with Crippen molar-refractivity contribution in [3.05, 3.63) is 58.7 Å². The van der Waals surface area contributed by atoms with E-state index in [1.807, 2.05) is 0 Å². The maximum atomic E-state index is 13.6. The van der Waals surface area contributed by atoms with E-state index in [0.29, 0.717) is 11.1 Å². The molecule has 0 amide bonds. The summed E-state index contributed by atoms with van der Waals surface area (Å²) in [6.45, 7) is 9.97. The third-order valence-electron chi connectivity index (χ3n) is 5.15. The lowest BCUT2D eigenvalue weighted by Gasteiger charge is -2.23. The maximum Gasteiger partial charge on any atom is 0.534 e. The van der Waals surface area contributed by atoms with Crippen LogP contribution in [-0.2, 0) is 31.1 Å². The molecule has 0 N–H and O–H groups in total. The highest BCUT2D eigenvalue weighted by Gasteiger charge is 2.50. The van der Waals surface area contributed by atoms with Crippen molar-refractivity contribution in [2.45, 2.75) is 63.4 Å². The molecule has 0 spiro atoms. The van der Waals surface area contributed by atoms with E-state index in [2.05, 4.69) is 8.37 Å². The van der Waals surface area contributed by atoms with Gasteiger partial charge in [-0.05, 0) is 46.2 Å². The minimum atomic E-state index is -6.26. The molecule has 15 heteroatoms. The summed E-state index contributed by atoms with van der Waals surface area (Å²) >= 11 is 0. The Morgan fingerprint density at radius 2 is 0.895 bits per heavy atom. The molecule has 0 atom stereocenters. The first-order valence-corrected chi connectivity index (χ1v) is 13.4. The predicted molar refractivity (Wildman–Crippen MR) is 125 cm³/mol. The van der Waals surface area contributed by atoms with Gasteiger partial charge in [-0.2, -0.15) is 43.2 Å². The lowest BCUT2D eigenvalue weighted by atomic mass is 9.83. The van der Waals surface area contributed by atoms with Gasteiger partial charge in [0, 0.05) is 0 Å². The van der Waals surface area contributed by atoms with Gasteiger partial charge >= 0.3 is 31.3 Å². The number of benzene rings is 2. The molecule has 0 saturated heterocycles. The number of hydrogen-bond acceptors (Lipinski definition) is 7. The van der Waals surface area contributed by atoms with E-state index in [1.165, 1.54) is 12.1 Å². The lowest BCUT2D eigenvalue weighted by molar-refractivity contribution is -0.0504.